The predicted octanol–water partition coefficient (Wildman–Crippen LogP) is 4.14. The van der Waals surface area contributed by atoms with Crippen LogP contribution in [-0.4, -0.2) is 19.2 Å². The van der Waals surface area contributed by atoms with E-state index in [0.29, 0.717) is 6.04 Å². The molecule has 2 nitrogen and oxygen atoms in total. The minimum absolute atomic E-state index is 0.250. The summed E-state index contributed by atoms with van der Waals surface area (Å²) in [4.78, 5) is 0. The summed E-state index contributed by atoms with van der Waals surface area (Å²) in [6, 6.07) is 9.09. The van der Waals surface area contributed by atoms with Crippen molar-refractivity contribution in [3.8, 4) is 5.75 Å². The Hall–Kier alpha value is -1.02. The second-order valence-corrected chi connectivity index (χ2v) is 6.07. The summed E-state index contributed by atoms with van der Waals surface area (Å²) in [6.45, 7) is 12.9. The highest BCUT2D eigenvalue weighted by Gasteiger charge is 2.17. The van der Waals surface area contributed by atoms with Gasteiger partial charge in [-0.1, -0.05) is 46.8 Å². The SMILES string of the molecule is CCC(C)(C)c1ccc(OCCCNC(C)C)cc1. The molecule has 0 fully saturated rings. The average molecular weight is 263 g/mol. The highest BCUT2D eigenvalue weighted by atomic mass is 16.5. The van der Waals surface area contributed by atoms with Crippen LogP contribution < -0.4 is 10.1 Å². The van der Waals surface area contributed by atoms with Crippen LogP contribution in [0, 0.1) is 0 Å². The molecule has 0 saturated heterocycles. The fourth-order valence-electron chi connectivity index (χ4n) is 1.86. The van der Waals surface area contributed by atoms with E-state index < -0.39 is 0 Å². The normalized spacial score (nSPS) is 11.9. The third-order valence-electron chi connectivity index (χ3n) is 3.66. The Balaban J connectivity index is 2.37. The zero-order valence-electron chi connectivity index (χ0n) is 13.1. The van der Waals surface area contributed by atoms with Gasteiger partial charge in [-0.3, -0.25) is 0 Å². The second kappa shape index (κ2) is 7.54. The van der Waals surface area contributed by atoms with Crippen LogP contribution in [0.25, 0.3) is 0 Å². The van der Waals surface area contributed by atoms with Gasteiger partial charge in [-0.2, -0.15) is 0 Å². The fourth-order valence-corrected chi connectivity index (χ4v) is 1.86. The lowest BCUT2D eigenvalue weighted by atomic mass is 9.82. The van der Waals surface area contributed by atoms with Gasteiger partial charge in [0.15, 0.2) is 0 Å². The van der Waals surface area contributed by atoms with Gasteiger partial charge < -0.3 is 10.1 Å². The molecule has 108 valence electrons. The third kappa shape index (κ3) is 5.65. The molecule has 0 amide bonds. The van der Waals surface area contributed by atoms with E-state index in [4.69, 9.17) is 4.74 Å². The van der Waals surface area contributed by atoms with Gasteiger partial charge in [0.1, 0.15) is 5.75 Å². The summed E-state index contributed by atoms with van der Waals surface area (Å²) in [5.74, 6) is 0.972. The molecule has 0 aliphatic carbocycles. The molecule has 0 bridgehead atoms. The van der Waals surface area contributed by atoms with Gasteiger partial charge in [0.05, 0.1) is 6.61 Å². The molecule has 1 rings (SSSR count). The molecule has 0 radical (unpaired) electrons. The molecule has 2 heteroatoms. The molecule has 19 heavy (non-hydrogen) atoms. The van der Waals surface area contributed by atoms with Crippen LogP contribution in [0.4, 0.5) is 0 Å². The van der Waals surface area contributed by atoms with E-state index in [0.717, 1.165) is 31.7 Å². The molecule has 0 heterocycles. The summed E-state index contributed by atoms with van der Waals surface area (Å²) >= 11 is 0. The number of hydrogen-bond donors (Lipinski definition) is 1. The molecule has 0 aliphatic rings. The Morgan fingerprint density at radius 1 is 1.16 bits per heavy atom. The zero-order chi connectivity index (χ0) is 14.3. The molecule has 1 aromatic rings. The van der Waals surface area contributed by atoms with E-state index >= 15 is 0 Å². The van der Waals surface area contributed by atoms with Crippen molar-refractivity contribution in [2.45, 2.75) is 58.9 Å². The summed E-state index contributed by atoms with van der Waals surface area (Å²) in [5, 5.41) is 3.39. The van der Waals surface area contributed by atoms with Gasteiger partial charge in [-0.25, -0.2) is 0 Å². The Kier molecular flexibility index (Phi) is 6.36. The van der Waals surface area contributed by atoms with Crippen molar-refractivity contribution in [1.82, 2.24) is 5.32 Å². The lowest BCUT2D eigenvalue weighted by molar-refractivity contribution is 0.306. The maximum absolute atomic E-state index is 5.75. The van der Waals surface area contributed by atoms with E-state index in [1.165, 1.54) is 5.56 Å². The van der Waals surface area contributed by atoms with E-state index in [2.05, 4.69) is 64.2 Å². The van der Waals surface area contributed by atoms with E-state index in [1.54, 1.807) is 0 Å². The smallest absolute Gasteiger partial charge is 0.119 e. The first kappa shape index (κ1) is 16.0. The fraction of sp³-hybridized carbons (Fsp3) is 0.647. The van der Waals surface area contributed by atoms with Crippen molar-refractivity contribution in [2.75, 3.05) is 13.2 Å². The van der Waals surface area contributed by atoms with Crippen molar-refractivity contribution in [3.05, 3.63) is 29.8 Å². The summed E-state index contributed by atoms with van der Waals surface area (Å²) in [7, 11) is 0. The van der Waals surface area contributed by atoms with E-state index in [-0.39, 0.29) is 5.41 Å². The maximum Gasteiger partial charge on any atom is 0.119 e. The van der Waals surface area contributed by atoms with Crippen molar-refractivity contribution >= 4 is 0 Å². The van der Waals surface area contributed by atoms with Crippen molar-refractivity contribution < 1.29 is 4.74 Å². The predicted molar refractivity (Wildman–Crippen MR) is 83.0 cm³/mol. The van der Waals surface area contributed by atoms with Gasteiger partial charge in [-0.15, -0.1) is 0 Å². The third-order valence-corrected chi connectivity index (χ3v) is 3.66. The van der Waals surface area contributed by atoms with Gasteiger partial charge in [0.25, 0.3) is 0 Å². The first-order valence-corrected chi connectivity index (χ1v) is 7.42. The van der Waals surface area contributed by atoms with Crippen LogP contribution >= 0.6 is 0 Å². The number of nitrogens with one attached hydrogen (secondary N) is 1. The Morgan fingerprint density at radius 3 is 2.32 bits per heavy atom. The van der Waals surface area contributed by atoms with Crippen LogP contribution in [0.2, 0.25) is 0 Å². The van der Waals surface area contributed by atoms with Gasteiger partial charge >= 0.3 is 0 Å². The van der Waals surface area contributed by atoms with Crippen molar-refractivity contribution in [3.63, 3.8) is 0 Å². The largest absolute Gasteiger partial charge is 0.494 e. The number of rotatable bonds is 8. The Labute approximate surface area is 118 Å². The maximum atomic E-state index is 5.75. The Morgan fingerprint density at radius 2 is 1.79 bits per heavy atom. The molecule has 0 atom stereocenters. The minimum Gasteiger partial charge on any atom is -0.494 e. The molecule has 1 N–H and O–H groups in total. The summed E-state index contributed by atoms with van der Waals surface area (Å²) in [5.41, 5.74) is 1.63. The summed E-state index contributed by atoms with van der Waals surface area (Å²) < 4.78 is 5.75. The van der Waals surface area contributed by atoms with E-state index in [9.17, 15) is 0 Å². The molecule has 0 aromatic heterocycles. The molecule has 0 saturated carbocycles. The van der Waals surface area contributed by atoms with Crippen molar-refractivity contribution in [1.29, 1.82) is 0 Å². The number of ether oxygens (including phenoxy) is 1. The lowest BCUT2D eigenvalue weighted by Crippen LogP contribution is -2.24. The van der Waals surface area contributed by atoms with Crippen LogP contribution in [0.1, 0.15) is 53.0 Å². The quantitative estimate of drug-likeness (QED) is 0.712. The minimum atomic E-state index is 0.250. The molecular weight excluding hydrogens is 234 g/mol. The van der Waals surface area contributed by atoms with Gasteiger partial charge in [0.2, 0.25) is 0 Å². The first-order valence-electron chi connectivity index (χ1n) is 7.42. The standard InChI is InChI=1S/C17H29NO/c1-6-17(4,5)15-8-10-16(11-9-15)19-13-7-12-18-14(2)3/h8-11,14,18H,6-7,12-13H2,1-5H3. The topological polar surface area (TPSA) is 21.3 Å². The molecule has 0 unspecified atom stereocenters. The highest BCUT2D eigenvalue weighted by molar-refractivity contribution is 5.31. The monoisotopic (exact) mass is 263 g/mol. The molecule has 0 aliphatic heterocycles. The molecule has 1 aromatic carbocycles. The van der Waals surface area contributed by atoms with Crippen LogP contribution in [0.5, 0.6) is 5.75 Å². The first-order chi connectivity index (χ1) is 8.95. The van der Waals surface area contributed by atoms with Crippen LogP contribution in [0.3, 0.4) is 0 Å². The van der Waals surface area contributed by atoms with Crippen LogP contribution in [-0.2, 0) is 5.41 Å². The number of hydrogen-bond acceptors (Lipinski definition) is 2. The highest BCUT2D eigenvalue weighted by Crippen LogP contribution is 2.27. The Bertz CT molecular complexity index is 354. The van der Waals surface area contributed by atoms with Crippen molar-refractivity contribution in [2.24, 2.45) is 0 Å². The summed E-state index contributed by atoms with van der Waals surface area (Å²) in [6.07, 6.45) is 2.19. The lowest BCUT2D eigenvalue weighted by Gasteiger charge is -2.23. The number of benzene rings is 1. The zero-order valence-corrected chi connectivity index (χ0v) is 13.1. The van der Waals surface area contributed by atoms with Gasteiger partial charge in [0, 0.05) is 6.04 Å². The van der Waals surface area contributed by atoms with E-state index in [1.807, 2.05) is 0 Å². The van der Waals surface area contributed by atoms with Gasteiger partial charge in [-0.05, 0) is 42.5 Å². The molecule has 0 spiro atoms. The second-order valence-electron chi connectivity index (χ2n) is 6.07. The average Bonchev–Trinajstić information content (AvgIpc) is 2.38. The van der Waals surface area contributed by atoms with Crippen LogP contribution in [0.15, 0.2) is 24.3 Å². The molecular formula is C17H29NO.